The van der Waals surface area contributed by atoms with Gasteiger partial charge in [0.25, 0.3) is 0 Å². The van der Waals surface area contributed by atoms with Crippen LogP contribution in [0.25, 0.3) is 11.3 Å². The lowest BCUT2D eigenvalue weighted by Gasteiger charge is -2.04. The van der Waals surface area contributed by atoms with E-state index in [1.807, 2.05) is 36.0 Å². The fraction of sp³-hybridized carbons (Fsp3) is 0.357. The van der Waals surface area contributed by atoms with Crippen molar-refractivity contribution in [3.05, 3.63) is 41.0 Å². The molecule has 0 bridgehead atoms. The molecular weight excluding hydrogens is 246 g/mol. The highest BCUT2D eigenvalue weighted by Crippen LogP contribution is 2.24. The second kappa shape index (κ2) is 6.03. The standard InChI is InChI=1S/C14H18ClN3/c1-3-7-16-9-12-10-18(2)17-14(12)11-5-4-6-13(15)8-11/h4-6,8,10,16H,3,7,9H2,1-2H3. The molecule has 0 saturated carbocycles. The maximum absolute atomic E-state index is 6.03. The molecule has 1 heterocycles. The summed E-state index contributed by atoms with van der Waals surface area (Å²) in [4.78, 5) is 0. The van der Waals surface area contributed by atoms with E-state index in [0.29, 0.717) is 0 Å². The van der Waals surface area contributed by atoms with E-state index in [4.69, 9.17) is 11.6 Å². The Balaban J connectivity index is 2.26. The number of hydrogen-bond donors (Lipinski definition) is 1. The van der Waals surface area contributed by atoms with E-state index >= 15 is 0 Å². The Morgan fingerprint density at radius 3 is 2.94 bits per heavy atom. The minimum atomic E-state index is 0.741. The van der Waals surface area contributed by atoms with Crippen LogP contribution in [0.3, 0.4) is 0 Å². The molecule has 1 aromatic carbocycles. The molecule has 0 aliphatic heterocycles. The number of rotatable bonds is 5. The number of aromatic nitrogens is 2. The summed E-state index contributed by atoms with van der Waals surface area (Å²) in [5.74, 6) is 0. The van der Waals surface area contributed by atoms with Crippen molar-refractivity contribution >= 4 is 11.6 Å². The Labute approximate surface area is 113 Å². The molecule has 4 heteroatoms. The molecule has 18 heavy (non-hydrogen) atoms. The van der Waals surface area contributed by atoms with Gasteiger partial charge in [-0.25, -0.2) is 0 Å². The van der Waals surface area contributed by atoms with Gasteiger partial charge in [-0.05, 0) is 25.1 Å². The smallest absolute Gasteiger partial charge is 0.0968 e. The van der Waals surface area contributed by atoms with Gasteiger partial charge in [0.15, 0.2) is 0 Å². The molecule has 0 fully saturated rings. The van der Waals surface area contributed by atoms with Crippen molar-refractivity contribution in [2.45, 2.75) is 19.9 Å². The lowest BCUT2D eigenvalue weighted by atomic mass is 10.1. The van der Waals surface area contributed by atoms with Gasteiger partial charge in [0.05, 0.1) is 5.69 Å². The highest BCUT2D eigenvalue weighted by Gasteiger charge is 2.09. The van der Waals surface area contributed by atoms with Crippen LogP contribution in [0, 0.1) is 0 Å². The molecule has 0 aliphatic rings. The van der Waals surface area contributed by atoms with Crippen molar-refractivity contribution < 1.29 is 0 Å². The largest absolute Gasteiger partial charge is 0.313 e. The summed E-state index contributed by atoms with van der Waals surface area (Å²) >= 11 is 6.03. The van der Waals surface area contributed by atoms with Gasteiger partial charge in [0.2, 0.25) is 0 Å². The van der Waals surface area contributed by atoms with E-state index in [2.05, 4.69) is 23.5 Å². The average molecular weight is 264 g/mol. The third-order valence-electron chi connectivity index (χ3n) is 2.74. The van der Waals surface area contributed by atoms with E-state index in [9.17, 15) is 0 Å². The third-order valence-corrected chi connectivity index (χ3v) is 2.98. The molecule has 3 nitrogen and oxygen atoms in total. The fourth-order valence-electron chi connectivity index (χ4n) is 1.95. The quantitative estimate of drug-likeness (QED) is 0.840. The van der Waals surface area contributed by atoms with Gasteiger partial charge >= 0.3 is 0 Å². The van der Waals surface area contributed by atoms with Crippen molar-refractivity contribution in [3.8, 4) is 11.3 Å². The molecular formula is C14H18ClN3. The molecule has 0 aliphatic carbocycles. The van der Waals surface area contributed by atoms with Crippen LogP contribution in [0.15, 0.2) is 30.5 Å². The summed E-state index contributed by atoms with van der Waals surface area (Å²) in [6.07, 6.45) is 3.19. The van der Waals surface area contributed by atoms with Crippen LogP contribution >= 0.6 is 11.6 Å². The van der Waals surface area contributed by atoms with Gasteiger partial charge in [0.1, 0.15) is 0 Å². The Morgan fingerprint density at radius 1 is 1.39 bits per heavy atom. The number of benzene rings is 1. The Hall–Kier alpha value is -1.32. The van der Waals surface area contributed by atoms with E-state index < -0.39 is 0 Å². The Morgan fingerprint density at radius 2 is 2.22 bits per heavy atom. The first kappa shape index (κ1) is 13.1. The molecule has 0 radical (unpaired) electrons. The molecule has 1 aromatic heterocycles. The maximum Gasteiger partial charge on any atom is 0.0968 e. The van der Waals surface area contributed by atoms with Crippen LogP contribution in [-0.2, 0) is 13.6 Å². The zero-order chi connectivity index (χ0) is 13.0. The Kier molecular flexibility index (Phi) is 4.39. The molecule has 0 amide bonds. The van der Waals surface area contributed by atoms with E-state index in [-0.39, 0.29) is 0 Å². The first-order valence-corrected chi connectivity index (χ1v) is 6.57. The first-order chi connectivity index (χ1) is 8.70. The fourth-order valence-corrected chi connectivity index (χ4v) is 2.14. The van der Waals surface area contributed by atoms with Gasteiger partial charge in [0, 0.05) is 35.9 Å². The molecule has 0 saturated heterocycles. The van der Waals surface area contributed by atoms with Crippen LogP contribution in [0.5, 0.6) is 0 Å². The molecule has 2 rings (SSSR count). The van der Waals surface area contributed by atoms with Crippen molar-refractivity contribution in [1.29, 1.82) is 0 Å². The summed E-state index contributed by atoms with van der Waals surface area (Å²) in [5, 5.41) is 8.66. The van der Waals surface area contributed by atoms with Crippen molar-refractivity contribution in [1.82, 2.24) is 15.1 Å². The molecule has 0 spiro atoms. The average Bonchev–Trinajstić information content (AvgIpc) is 2.71. The zero-order valence-electron chi connectivity index (χ0n) is 10.8. The highest BCUT2D eigenvalue weighted by molar-refractivity contribution is 6.30. The van der Waals surface area contributed by atoms with Crippen LogP contribution in [-0.4, -0.2) is 16.3 Å². The van der Waals surface area contributed by atoms with Gasteiger partial charge < -0.3 is 5.32 Å². The maximum atomic E-state index is 6.03. The van der Waals surface area contributed by atoms with Gasteiger partial charge in [-0.1, -0.05) is 30.7 Å². The minimum Gasteiger partial charge on any atom is -0.313 e. The van der Waals surface area contributed by atoms with E-state index in [1.165, 1.54) is 5.56 Å². The first-order valence-electron chi connectivity index (χ1n) is 6.20. The summed E-state index contributed by atoms with van der Waals surface area (Å²) in [7, 11) is 1.94. The summed E-state index contributed by atoms with van der Waals surface area (Å²) < 4.78 is 1.85. The lowest BCUT2D eigenvalue weighted by molar-refractivity contribution is 0.675. The number of halogens is 1. The molecule has 0 atom stereocenters. The van der Waals surface area contributed by atoms with Crippen LogP contribution in [0.2, 0.25) is 5.02 Å². The highest BCUT2D eigenvalue weighted by atomic mass is 35.5. The second-order valence-corrected chi connectivity index (χ2v) is 4.80. The zero-order valence-corrected chi connectivity index (χ0v) is 11.5. The predicted octanol–water partition coefficient (Wildman–Crippen LogP) is 3.24. The normalized spacial score (nSPS) is 10.8. The topological polar surface area (TPSA) is 29.9 Å². The lowest BCUT2D eigenvalue weighted by Crippen LogP contribution is -2.13. The summed E-state index contributed by atoms with van der Waals surface area (Å²) in [6, 6.07) is 7.82. The molecule has 1 N–H and O–H groups in total. The third kappa shape index (κ3) is 3.12. The SMILES string of the molecule is CCCNCc1cn(C)nc1-c1cccc(Cl)c1. The predicted molar refractivity (Wildman–Crippen MR) is 75.7 cm³/mol. The van der Waals surface area contributed by atoms with Crippen LogP contribution in [0.4, 0.5) is 0 Å². The van der Waals surface area contributed by atoms with Crippen molar-refractivity contribution in [3.63, 3.8) is 0 Å². The van der Waals surface area contributed by atoms with Crippen molar-refractivity contribution in [2.75, 3.05) is 6.54 Å². The second-order valence-electron chi connectivity index (χ2n) is 4.36. The monoisotopic (exact) mass is 263 g/mol. The van der Waals surface area contributed by atoms with E-state index in [0.717, 1.165) is 35.8 Å². The summed E-state index contributed by atoms with van der Waals surface area (Å²) in [6.45, 7) is 4.02. The minimum absolute atomic E-state index is 0.741. The van der Waals surface area contributed by atoms with E-state index in [1.54, 1.807) is 0 Å². The summed E-state index contributed by atoms with van der Waals surface area (Å²) in [5.41, 5.74) is 3.27. The number of nitrogens with zero attached hydrogens (tertiary/aromatic N) is 2. The Bertz CT molecular complexity index is 520. The van der Waals surface area contributed by atoms with Gasteiger partial charge in [-0.2, -0.15) is 5.10 Å². The molecule has 2 aromatic rings. The van der Waals surface area contributed by atoms with Crippen LogP contribution in [0.1, 0.15) is 18.9 Å². The van der Waals surface area contributed by atoms with Gasteiger partial charge in [-0.3, -0.25) is 4.68 Å². The molecule has 96 valence electrons. The number of nitrogens with one attached hydrogen (secondary N) is 1. The van der Waals surface area contributed by atoms with Gasteiger partial charge in [-0.15, -0.1) is 0 Å². The van der Waals surface area contributed by atoms with Crippen LogP contribution < -0.4 is 5.32 Å². The number of hydrogen-bond acceptors (Lipinski definition) is 2. The van der Waals surface area contributed by atoms with Crippen molar-refractivity contribution in [2.24, 2.45) is 7.05 Å². The molecule has 0 unspecified atom stereocenters. The number of aryl methyl sites for hydroxylation is 1.